The van der Waals surface area contributed by atoms with Gasteiger partial charge in [-0.3, -0.25) is 4.79 Å². The Kier molecular flexibility index (Phi) is 4.40. The van der Waals surface area contributed by atoms with Crippen LogP contribution < -0.4 is 5.32 Å². The van der Waals surface area contributed by atoms with Crippen LogP contribution in [0.1, 0.15) is 35.3 Å². The van der Waals surface area contributed by atoms with Gasteiger partial charge in [0.2, 0.25) is 0 Å². The van der Waals surface area contributed by atoms with Gasteiger partial charge in [-0.25, -0.2) is 8.42 Å². The monoisotopic (exact) mass is 289 g/mol. The summed E-state index contributed by atoms with van der Waals surface area (Å²) in [4.78, 5) is 11.8. The first-order valence-corrected chi connectivity index (χ1v) is 7.80. The van der Waals surface area contributed by atoms with Crippen LogP contribution in [0.25, 0.3) is 0 Å². The van der Waals surface area contributed by atoms with Gasteiger partial charge in [0.1, 0.15) is 0 Å². The van der Waals surface area contributed by atoms with Crippen molar-refractivity contribution in [2.45, 2.75) is 38.6 Å². The van der Waals surface area contributed by atoms with Crippen molar-refractivity contribution in [3.8, 4) is 0 Å². The van der Waals surface area contributed by atoms with E-state index in [1.165, 1.54) is 6.07 Å². The molecule has 0 bridgehead atoms. The third-order valence-electron chi connectivity index (χ3n) is 2.56. The zero-order chi connectivity index (χ0) is 14.1. The van der Waals surface area contributed by atoms with E-state index in [1.807, 2.05) is 13.8 Å². The van der Waals surface area contributed by atoms with E-state index < -0.39 is 9.05 Å². The van der Waals surface area contributed by atoms with E-state index in [1.54, 1.807) is 19.9 Å². The molecule has 0 aliphatic rings. The van der Waals surface area contributed by atoms with Crippen molar-refractivity contribution in [3.05, 3.63) is 28.8 Å². The van der Waals surface area contributed by atoms with Crippen molar-refractivity contribution >= 4 is 25.6 Å². The van der Waals surface area contributed by atoms with E-state index in [4.69, 9.17) is 10.7 Å². The number of carbonyl (C=O) groups excluding carboxylic acids is 1. The lowest BCUT2D eigenvalue weighted by Gasteiger charge is -2.12. The Morgan fingerprint density at radius 3 is 2.28 bits per heavy atom. The number of nitrogens with one attached hydrogen (secondary N) is 1. The van der Waals surface area contributed by atoms with Crippen LogP contribution in [0.5, 0.6) is 0 Å². The van der Waals surface area contributed by atoms with Gasteiger partial charge in [-0.05, 0) is 51.0 Å². The minimum absolute atomic E-state index is 0.0157. The van der Waals surface area contributed by atoms with Crippen molar-refractivity contribution in [1.82, 2.24) is 5.32 Å². The molecule has 0 spiro atoms. The minimum Gasteiger partial charge on any atom is -0.350 e. The summed E-state index contributed by atoms with van der Waals surface area (Å²) in [5.41, 5.74) is 1.57. The van der Waals surface area contributed by atoms with Crippen LogP contribution in [0, 0.1) is 13.8 Å². The zero-order valence-corrected chi connectivity index (χ0v) is 12.3. The lowest BCUT2D eigenvalue weighted by Crippen LogP contribution is -2.30. The van der Waals surface area contributed by atoms with Gasteiger partial charge in [-0.2, -0.15) is 0 Å². The van der Waals surface area contributed by atoms with E-state index in [9.17, 15) is 13.2 Å². The Balaban J connectivity index is 3.34. The van der Waals surface area contributed by atoms with Crippen molar-refractivity contribution < 1.29 is 13.2 Å². The Bertz CT molecular complexity index is 579. The Hall–Kier alpha value is -1.07. The highest BCUT2D eigenvalue weighted by Crippen LogP contribution is 2.24. The molecule has 0 radical (unpaired) electrons. The van der Waals surface area contributed by atoms with Gasteiger partial charge in [0, 0.05) is 22.3 Å². The minimum atomic E-state index is -3.85. The normalized spacial score (nSPS) is 11.7. The summed E-state index contributed by atoms with van der Waals surface area (Å²) in [5, 5.41) is 2.71. The highest BCUT2D eigenvalue weighted by Gasteiger charge is 2.18. The van der Waals surface area contributed by atoms with Crippen LogP contribution in [0.15, 0.2) is 17.0 Å². The Labute approximate surface area is 112 Å². The molecule has 18 heavy (non-hydrogen) atoms. The molecular formula is C12H16ClNO3S. The number of rotatable bonds is 3. The van der Waals surface area contributed by atoms with Crippen LogP contribution in [0.2, 0.25) is 0 Å². The van der Waals surface area contributed by atoms with Gasteiger partial charge in [-0.15, -0.1) is 0 Å². The molecular weight excluding hydrogens is 274 g/mol. The number of hydrogen-bond donors (Lipinski definition) is 1. The van der Waals surface area contributed by atoms with E-state index >= 15 is 0 Å². The van der Waals surface area contributed by atoms with Crippen LogP contribution in [0.4, 0.5) is 0 Å². The number of aryl methyl sites for hydroxylation is 1. The molecule has 0 unspecified atom stereocenters. The second-order valence-electron chi connectivity index (χ2n) is 4.48. The topological polar surface area (TPSA) is 63.2 Å². The van der Waals surface area contributed by atoms with Gasteiger partial charge in [0.05, 0.1) is 4.90 Å². The maximum Gasteiger partial charge on any atom is 0.261 e. The summed E-state index contributed by atoms with van der Waals surface area (Å²) < 4.78 is 22.9. The predicted molar refractivity (Wildman–Crippen MR) is 71.6 cm³/mol. The van der Waals surface area contributed by atoms with E-state index in [2.05, 4.69) is 5.32 Å². The van der Waals surface area contributed by atoms with Gasteiger partial charge in [0.15, 0.2) is 0 Å². The highest BCUT2D eigenvalue weighted by atomic mass is 35.7. The molecule has 0 atom stereocenters. The summed E-state index contributed by atoms with van der Waals surface area (Å²) in [6, 6.07) is 2.94. The van der Waals surface area contributed by atoms with Crippen molar-refractivity contribution in [3.63, 3.8) is 0 Å². The predicted octanol–water partition coefficient (Wildman–Crippen LogP) is 2.37. The van der Waals surface area contributed by atoms with Crippen molar-refractivity contribution in [2.75, 3.05) is 0 Å². The first kappa shape index (κ1) is 15.0. The molecule has 0 saturated heterocycles. The maximum atomic E-state index is 11.8. The molecule has 0 saturated carbocycles. The third kappa shape index (κ3) is 3.46. The van der Waals surface area contributed by atoms with Crippen LogP contribution in [-0.4, -0.2) is 20.4 Å². The Morgan fingerprint density at radius 1 is 1.28 bits per heavy atom. The number of halogens is 1. The van der Waals surface area contributed by atoms with E-state index in [0.29, 0.717) is 16.7 Å². The second-order valence-corrected chi connectivity index (χ2v) is 7.02. The fourth-order valence-corrected chi connectivity index (χ4v) is 2.83. The summed E-state index contributed by atoms with van der Waals surface area (Å²) in [6.45, 7) is 7.07. The molecule has 0 fully saturated rings. The van der Waals surface area contributed by atoms with E-state index in [0.717, 1.165) is 0 Å². The van der Waals surface area contributed by atoms with Gasteiger partial charge < -0.3 is 5.32 Å². The molecule has 4 nitrogen and oxygen atoms in total. The summed E-state index contributed by atoms with van der Waals surface area (Å²) in [5.74, 6) is -0.310. The number of hydrogen-bond acceptors (Lipinski definition) is 3. The lowest BCUT2D eigenvalue weighted by molar-refractivity contribution is 0.0943. The quantitative estimate of drug-likeness (QED) is 0.869. The fraction of sp³-hybridized carbons (Fsp3) is 0.417. The van der Waals surface area contributed by atoms with Gasteiger partial charge in [0.25, 0.3) is 15.0 Å². The van der Waals surface area contributed by atoms with Crippen molar-refractivity contribution in [1.29, 1.82) is 0 Å². The maximum absolute atomic E-state index is 11.8. The number of benzene rings is 1. The van der Waals surface area contributed by atoms with Crippen LogP contribution in [-0.2, 0) is 9.05 Å². The average molecular weight is 290 g/mol. The van der Waals surface area contributed by atoms with Gasteiger partial charge >= 0.3 is 0 Å². The molecule has 0 aromatic heterocycles. The standard InChI is InChI=1S/C12H16ClNO3S/c1-7(2)14-12(15)10-5-8(3)9(4)11(6-10)18(13,16)17/h5-7H,1-4H3,(H,14,15). The first-order chi connectivity index (χ1) is 8.12. The summed E-state index contributed by atoms with van der Waals surface area (Å²) in [6.07, 6.45) is 0. The second kappa shape index (κ2) is 5.28. The van der Waals surface area contributed by atoms with Crippen LogP contribution in [0.3, 0.4) is 0 Å². The number of amides is 1. The van der Waals surface area contributed by atoms with Crippen LogP contribution >= 0.6 is 10.7 Å². The zero-order valence-electron chi connectivity index (χ0n) is 10.7. The van der Waals surface area contributed by atoms with E-state index in [-0.39, 0.29) is 16.8 Å². The fourth-order valence-electron chi connectivity index (χ4n) is 1.56. The van der Waals surface area contributed by atoms with Crippen molar-refractivity contribution in [2.24, 2.45) is 0 Å². The molecule has 1 aromatic carbocycles. The summed E-state index contributed by atoms with van der Waals surface area (Å²) >= 11 is 0. The first-order valence-electron chi connectivity index (χ1n) is 5.49. The average Bonchev–Trinajstić information content (AvgIpc) is 2.18. The highest BCUT2D eigenvalue weighted by molar-refractivity contribution is 8.13. The molecule has 1 amide bonds. The molecule has 6 heteroatoms. The van der Waals surface area contributed by atoms with Gasteiger partial charge in [-0.1, -0.05) is 0 Å². The SMILES string of the molecule is Cc1cc(C(=O)NC(C)C)cc(S(=O)(=O)Cl)c1C. The third-order valence-corrected chi connectivity index (χ3v) is 4.01. The number of carbonyl (C=O) groups is 1. The smallest absolute Gasteiger partial charge is 0.261 e. The molecule has 1 N–H and O–H groups in total. The molecule has 0 aliphatic carbocycles. The Morgan fingerprint density at radius 2 is 1.83 bits per heavy atom. The molecule has 1 rings (SSSR count). The molecule has 1 aromatic rings. The largest absolute Gasteiger partial charge is 0.350 e. The molecule has 0 aliphatic heterocycles. The molecule has 100 valence electrons. The lowest BCUT2D eigenvalue weighted by atomic mass is 10.1. The molecule has 0 heterocycles. The summed E-state index contributed by atoms with van der Waals surface area (Å²) in [7, 11) is 1.51.